The minimum absolute atomic E-state index is 0.209. The summed E-state index contributed by atoms with van der Waals surface area (Å²) in [6.07, 6.45) is 4.19. The third-order valence-corrected chi connectivity index (χ3v) is 3.67. The fourth-order valence-corrected chi connectivity index (χ4v) is 2.58. The molecule has 19 heavy (non-hydrogen) atoms. The Morgan fingerprint density at radius 3 is 2.79 bits per heavy atom. The van der Waals surface area contributed by atoms with Crippen molar-refractivity contribution in [2.75, 3.05) is 0 Å². The molecule has 0 atom stereocenters. The smallest absolute Gasteiger partial charge is 0.128 e. The van der Waals surface area contributed by atoms with Crippen LogP contribution in [0.5, 0.6) is 5.75 Å². The first kappa shape index (κ1) is 13.9. The summed E-state index contributed by atoms with van der Waals surface area (Å²) in [6.45, 7) is 2.12. The molecular weight excluding hydrogens is 306 g/mol. The first-order valence-electron chi connectivity index (χ1n) is 6.29. The maximum Gasteiger partial charge on any atom is 0.128 e. The fourth-order valence-electron chi connectivity index (χ4n) is 2.20. The Labute approximate surface area is 120 Å². The van der Waals surface area contributed by atoms with E-state index in [0.29, 0.717) is 5.56 Å². The first-order chi connectivity index (χ1) is 9.17. The average Bonchev–Trinajstić information content (AvgIpc) is 2.40. The van der Waals surface area contributed by atoms with Crippen molar-refractivity contribution >= 4 is 32.9 Å². The van der Waals surface area contributed by atoms with Gasteiger partial charge in [0.15, 0.2) is 0 Å². The summed E-state index contributed by atoms with van der Waals surface area (Å²) in [5.74, 6) is 0.209. The van der Waals surface area contributed by atoms with Crippen LogP contribution in [0, 0.1) is 0 Å². The summed E-state index contributed by atoms with van der Waals surface area (Å²) < 4.78 is 0.985. The topological polar surface area (TPSA) is 52.8 Å². The summed E-state index contributed by atoms with van der Waals surface area (Å²) in [5.41, 5.74) is 1.46. The Morgan fingerprint density at radius 2 is 2.11 bits per heavy atom. The highest BCUT2D eigenvalue weighted by molar-refractivity contribution is 9.10. The van der Waals surface area contributed by atoms with Crippen molar-refractivity contribution in [3.63, 3.8) is 0 Å². The molecule has 0 saturated carbocycles. The molecule has 0 saturated heterocycles. The molecule has 0 aliphatic rings. The maximum atomic E-state index is 10.3. The van der Waals surface area contributed by atoms with Gasteiger partial charge in [0.2, 0.25) is 0 Å². The third kappa shape index (κ3) is 2.89. The molecule has 0 fully saturated rings. The number of aryl methyl sites for hydroxylation is 1. The normalized spacial score (nSPS) is 11.5. The summed E-state index contributed by atoms with van der Waals surface area (Å²) in [4.78, 5) is 0. The number of halogens is 1. The molecule has 100 valence electrons. The molecule has 0 heterocycles. The summed E-state index contributed by atoms with van der Waals surface area (Å²) in [7, 11) is 0. The van der Waals surface area contributed by atoms with Crippen LogP contribution in [0.25, 0.3) is 10.8 Å². The Morgan fingerprint density at radius 1 is 1.32 bits per heavy atom. The largest absolute Gasteiger partial charge is 0.507 e. The minimum Gasteiger partial charge on any atom is -0.507 e. The SMILES string of the molecule is CCCCc1cc2cc(Br)ccc2c(/C=N/O)c1O. The fraction of sp³-hybridized carbons (Fsp3) is 0.267. The van der Waals surface area contributed by atoms with Gasteiger partial charge in [-0.3, -0.25) is 0 Å². The van der Waals surface area contributed by atoms with Gasteiger partial charge in [-0.15, -0.1) is 0 Å². The highest BCUT2D eigenvalue weighted by Gasteiger charge is 2.11. The van der Waals surface area contributed by atoms with Crippen molar-refractivity contribution < 1.29 is 10.3 Å². The molecule has 2 aromatic carbocycles. The minimum atomic E-state index is 0.209. The number of phenolic OH excluding ortho intramolecular Hbond substituents is 1. The van der Waals surface area contributed by atoms with Crippen molar-refractivity contribution in [3.8, 4) is 5.75 Å². The Kier molecular flexibility index (Phi) is 4.43. The molecule has 0 aromatic heterocycles. The van der Waals surface area contributed by atoms with Crippen LogP contribution in [0.1, 0.15) is 30.9 Å². The standard InChI is InChI=1S/C15H16BrNO2/c1-2-3-4-10-7-11-8-12(16)5-6-13(11)14(9-17-19)15(10)18/h5-9,18-19H,2-4H2,1H3/b17-9+. The van der Waals surface area contributed by atoms with E-state index in [1.54, 1.807) is 0 Å². The number of nitrogens with zero attached hydrogens (tertiary/aromatic N) is 1. The van der Waals surface area contributed by atoms with Crippen LogP contribution >= 0.6 is 15.9 Å². The van der Waals surface area contributed by atoms with E-state index in [1.165, 1.54) is 6.21 Å². The second-order valence-electron chi connectivity index (χ2n) is 4.51. The molecule has 0 unspecified atom stereocenters. The first-order valence-corrected chi connectivity index (χ1v) is 7.08. The van der Waals surface area contributed by atoms with Crippen LogP contribution in [0.15, 0.2) is 33.9 Å². The van der Waals surface area contributed by atoms with Crippen molar-refractivity contribution in [1.82, 2.24) is 0 Å². The lowest BCUT2D eigenvalue weighted by Crippen LogP contribution is -1.93. The number of hydrogen-bond donors (Lipinski definition) is 2. The monoisotopic (exact) mass is 321 g/mol. The van der Waals surface area contributed by atoms with Gasteiger partial charge in [-0.2, -0.15) is 0 Å². The molecule has 4 heteroatoms. The van der Waals surface area contributed by atoms with E-state index >= 15 is 0 Å². The third-order valence-electron chi connectivity index (χ3n) is 3.18. The van der Waals surface area contributed by atoms with Crippen LogP contribution in [0.2, 0.25) is 0 Å². The summed E-state index contributed by atoms with van der Waals surface area (Å²) >= 11 is 3.45. The van der Waals surface area contributed by atoms with E-state index in [4.69, 9.17) is 5.21 Å². The van der Waals surface area contributed by atoms with E-state index in [-0.39, 0.29) is 5.75 Å². The van der Waals surface area contributed by atoms with Crippen molar-refractivity contribution in [2.45, 2.75) is 26.2 Å². The zero-order valence-electron chi connectivity index (χ0n) is 10.7. The van der Waals surface area contributed by atoms with Crippen LogP contribution in [0.4, 0.5) is 0 Å². The second-order valence-corrected chi connectivity index (χ2v) is 5.43. The van der Waals surface area contributed by atoms with Gasteiger partial charge in [-0.1, -0.05) is 40.5 Å². The van der Waals surface area contributed by atoms with Crippen LogP contribution in [-0.2, 0) is 6.42 Å². The lowest BCUT2D eigenvalue weighted by atomic mass is 9.97. The highest BCUT2D eigenvalue weighted by Crippen LogP contribution is 2.32. The molecule has 2 N–H and O–H groups in total. The number of benzene rings is 2. The molecule has 3 nitrogen and oxygen atoms in total. The molecule has 0 radical (unpaired) electrons. The quantitative estimate of drug-likeness (QED) is 0.496. The predicted molar refractivity (Wildman–Crippen MR) is 81.3 cm³/mol. The van der Waals surface area contributed by atoms with Crippen molar-refractivity contribution in [3.05, 3.63) is 39.9 Å². The zero-order chi connectivity index (χ0) is 13.8. The highest BCUT2D eigenvalue weighted by atomic mass is 79.9. The van der Waals surface area contributed by atoms with Crippen LogP contribution in [0.3, 0.4) is 0 Å². The molecule has 2 aromatic rings. The van der Waals surface area contributed by atoms with Gasteiger partial charge in [0.25, 0.3) is 0 Å². The van der Waals surface area contributed by atoms with E-state index < -0.39 is 0 Å². The molecule has 0 aliphatic heterocycles. The lowest BCUT2D eigenvalue weighted by Gasteiger charge is -2.11. The summed E-state index contributed by atoms with van der Waals surface area (Å²) in [6, 6.07) is 7.81. The summed E-state index contributed by atoms with van der Waals surface area (Å²) in [5, 5.41) is 24.0. The van der Waals surface area contributed by atoms with Gasteiger partial charge in [-0.05, 0) is 47.4 Å². The predicted octanol–water partition coefficient (Wildman–Crippen LogP) is 4.46. The van der Waals surface area contributed by atoms with Gasteiger partial charge in [0.05, 0.1) is 6.21 Å². The average molecular weight is 322 g/mol. The van der Waals surface area contributed by atoms with Crippen LogP contribution < -0.4 is 0 Å². The lowest BCUT2D eigenvalue weighted by molar-refractivity contribution is 0.321. The number of hydrogen-bond acceptors (Lipinski definition) is 3. The van der Waals surface area contributed by atoms with Gasteiger partial charge in [-0.25, -0.2) is 0 Å². The molecule has 0 spiro atoms. The molecule has 0 bridgehead atoms. The Bertz CT molecular complexity index is 623. The molecule has 0 aliphatic carbocycles. The van der Waals surface area contributed by atoms with E-state index in [1.807, 2.05) is 24.3 Å². The van der Waals surface area contributed by atoms with E-state index in [9.17, 15) is 5.11 Å². The maximum absolute atomic E-state index is 10.3. The number of fused-ring (bicyclic) bond motifs is 1. The van der Waals surface area contributed by atoms with Gasteiger partial charge >= 0.3 is 0 Å². The van der Waals surface area contributed by atoms with E-state index in [0.717, 1.165) is 40.1 Å². The van der Waals surface area contributed by atoms with Gasteiger partial charge in [0.1, 0.15) is 5.75 Å². The van der Waals surface area contributed by atoms with Crippen LogP contribution in [-0.4, -0.2) is 16.5 Å². The second kappa shape index (κ2) is 6.06. The van der Waals surface area contributed by atoms with Crippen molar-refractivity contribution in [1.29, 1.82) is 0 Å². The number of phenols is 1. The molecule has 0 amide bonds. The van der Waals surface area contributed by atoms with Gasteiger partial charge < -0.3 is 10.3 Å². The number of unbranched alkanes of at least 4 members (excludes halogenated alkanes) is 1. The number of oxime groups is 1. The zero-order valence-corrected chi connectivity index (χ0v) is 12.3. The number of rotatable bonds is 4. The Balaban J connectivity index is 2.67. The van der Waals surface area contributed by atoms with Crippen molar-refractivity contribution in [2.24, 2.45) is 5.16 Å². The number of aromatic hydroxyl groups is 1. The molecular formula is C15H16BrNO2. The van der Waals surface area contributed by atoms with Gasteiger partial charge in [0, 0.05) is 10.0 Å². The van der Waals surface area contributed by atoms with E-state index in [2.05, 4.69) is 28.0 Å². The Hall–Kier alpha value is -1.55. The molecule has 2 rings (SSSR count).